The van der Waals surface area contributed by atoms with Gasteiger partial charge in [-0.1, -0.05) is 55.8 Å². The molecule has 0 radical (unpaired) electrons. The monoisotopic (exact) mass is 486 g/mol. The standard InChI is InChI=1S/C25H27ClN2O4S/c1-19(2)20-8-12-22(13-9-20)28(33(30,31)24-6-4-3-5-7-24)18-25(29)27-16-17-32-23-14-10-21(26)11-15-23/h3-15,19H,16-18H2,1-2H3,(H,27,29). The van der Waals surface area contributed by atoms with E-state index in [4.69, 9.17) is 16.3 Å². The minimum atomic E-state index is -3.93. The summed E-state index contributed by atoms with van der Waals surface area (Å²) in [6, 6.07) is 22.2. The van der Waals surface area contributed by atoms with E-state index in [1.54, 1.807) is 54.6 Å². The summed E-state index contributed by atoms with van der Waals surface area (Å²) in [5.74, 6) is 0.511. The van der Waals surface area contributed by atoms with Crippen LogP contribution in [0.2, 0.25) is 5.02 Å². The van der Waals surface area contributed by atoms with Crippen molar-refractivity contribution in [1.82, 2.24) is 5.32 Å². The highest BCUT2D eigenvalue weighted by Crippen LogP contribution is 2.25. The van der Waals surface area contributed by atoms with Crippen LogP contribution in [0, 0.1) is 0 Å². The van der Waals surface area contributed by atoms with Crippen molar-refractivity contribution < 1.29 is 17.9 Å². The van der Waals surface area contributed by atoms with Crippen molar-refractivity contribution in [1.29, 1.82) is 0 Å². The number of benzene rings is 3. The van der Waals surface area contributed by atoms with Crippen LogP contribution < -0.4 is 14.4 Å². The van der Waals surface area contributed by atoms with Crippen LogP contribution in [-0.2, 0) is 14.8 Å². The largest absolute Gasteiger partial charge is 0.492 e. The van der Waals surface area contributed by atoms with Gasteiger partial charge < -0.3 is 10.1 Å². The lowest BCUT2D eigenvalue weighted by Crippen LogP contribution is -2.41. The molecule has 33 heavy (non-hydrogen) atoms. The van der Waals surface area contributed by atoms with Crippen LogP contribution in [0.3, 0.4) is 0 Å². The van der Waals surface area contributed by atoms with Crippen molar-refractivity contribution >= 4 is 33.2 Å². The average molecular weight is 487 g/mol. The first-order valence-electron chi connectivity index (χ1n) is 10.6. The smallest absolute Gasteiger partial charge is 0.264 e. The molecule has 0 saturated heterocycles. The Morgan fingerprint density at radius 2 is 1.61 bits per heavy atom. The van der Waals surface area contributed by atoms with Crippen molar-refractivity contribution in [2.24, 2.45) is 0 Å². The maximum Gasteiger partial charge on any atom is 0.264 e. The van der Waals surface area contributed by atoms with Crippen molar-refractivity contribution in [3.05, 3.63) is 89.4 Å². The van der Waals surface area contributed by atoms with Crippen LogP contribution in [0.5, 0.6) is 5.75 Å². The van der Waals surface area contributed by atoms with Crippen LogP contribution in [0.1, 0.15) is 25.3 Å². The summed E-state index contributed by atoms with van der Waals surface area (Å²) in [6.07, 6.45) is 0. The van der Waals surface area contributed by atoms with Gasteiger partial charge in [-0.15, -0.1) is 0 Å². The highest BCUT2D eigenvalue weighted by molar-refractivity contribution is 7.92. The van der Waals surface area contributed by atoms with E-state index in [1.165, 1.54) is 12.1 Å². The summed E-state index contributed by atoms with van der Waals surface area (Å²) in [5.41, 5.74) is 1.51. The summed E-state index contributed by atoms with van der Waals surface area (Å²) < 4.78 is 33.4. The van der Waals surface area contributed by atoms with E-state index < -0.39 is 15.9 Å². The summed E-state index contributed by atoms with van der Waals surface area (Å²) in [5, 5.41) is 3.33. The van der Waals surface area contributed by atoms with E-state index in [0.29, 0.717) is 22.4 Å². The molecule has 3 aromatic rings. The molecule has 3 aromatic carbocycles. The summed E-state index contributed by atoms with van der Waals surface area (Å²) in [6.45, 7) is 4.24. The summed E-state index contributed by atoms with van der Waals surface area (Å²) >= 11 is 5.85. The van der Waals surface area contributed by atoms with Gasteiger partial charge in [0.15, 0.2) is 0 Å². The number of nitrogens with one attached hydrogen (secondary N) is 1. The molecular weight excluding hydrogens is 460 g/mol. The minimum absolute atomic E-state index is 0.122. The molecule has 0 fully saturated rings. The van der Waals surface area contributed by atoms with E-state index in [9.17, 15) is 13.2 Å². The topological polar surface area (TPSA) is 75.7 Å². The lowest BCUT2D eigenvalue weighted by atomic mass is 10.0. The molecule has 0 saturated carbocycles. The van der Waals surface area contributed by atoms with Crippen LogP contribution in [-0.4, -0.2) is 34.0 Å². The number of hydrogen-bond donors (Lipinski definition) is 1. The molecule has 0 atom stereocenters. The van der Waals surface area contributed by atoms with Crippen molar-refractivity contribution in [3.8, 4) is 5.75 Å². The number of sulfonamides is 1. The minimum Gasteiger partial charge on any atom is -0.492 e. The first-order valence-corrected chi connectivity index (χ1v) is 12.4. The van der Waals surface area contributed by atoms with E-state index in [2.05, 4.69) is 19.2 Å². The number of nitrogens with zero attached hydrogens (tertiary/aromatic N) is 1. The zero-order valence-corrected chi connectivity index (χ0v) is 20.1. The van der Waals surface area contributed by atoms with Gasteiger partial charge in [-0.05, 0) is 60.0 Å². The van der Waals surface area contributed by atoms with Crippen molar-refractivity contribution in [3.63, 3.8) is 0 Å². The Kier molecular flexibility index (Phi) is 8.36. The second-order valence-corrected chi connectivity index (χ2v) is 10.0. The summed E-state index contributed by atoms with van der Waals surface area (Å²) in [4.78, 5) is 12.8. The molecule has 0 heterocycles. The molecule has 0 aromatic heterocycles. The quantitative estimate of drug-likeness (QED) is 0.415. The average Bonchev–Trinajstić information content (AvgIpc) is 2.82. The summed E-state index contributed by atoms with van der Waals surface area (Å²) in [7, 11) is -3.93. The first kappa shape index (κ1) is 24.6. The molecular formula is C25H27ClN2O4S. The van der Waals surface area contributed by atoms with E-state index in [1.807, 2.05) is 12.1 Å². The number of halogens is 1. The van der Waals surface area contributed by atoms with Crippen LogP contribution in [0.25, 0.3) is 0 Å². The number of amides is 1. The van der Waals surface area contributed by atoms with Crippen LogP contribution >= 0.6 is 11.6 Å². The van der Waals surface area contributed by atoms with Crippen molar-refractivity contribution in [2.45, 2.75) is 24.7 Å². The predicted octanol–water partition coefficient (Wildman–Crippen LogP) is 4.85. The number of anilines is 1. The third-order valence-corrected chi connectivity index (χ3v) is 7.01. The highest BCUT2D eigenvalue weighted by atomic mass is 35.5. The molecule has 0 aliphatic heterocycles. The maximum atomic E-state index is 13.3. The Morgan fingerprint density at radius 3 is 2.21 bits per heavy atom. The number of carbonyl (C=O) groups excluding carboxylic acids is 1. The van der Waals surface area contributed by atoms with Gasteiger partial charge in [0.2, 0.25) is 5.91 Å². The highest BCUT2D eigenvalue weighted by Gasteiger charge is 2.27. The van der Waals surface area contributed by atoms with Gasteiger partial charge in [0.25, 0.3) is 10.0 Å². The molecule has 1 amide bonds. The van der Waals surface area contributed by atoms with Gasteiger partial charge in [0.1, 0.15) is 18.9 Å². The fraction of sp³-hybridized carbons (Fsp3) is 0.240. The van der Waals surface area contributed by atoms with E-state index >= 15 is 0 Å². The normalized spacial score (nSPS) is 11.3. The van der Waals surface area contributed by atoms with Gasteiger partial charge in [0.05, 0.1) is 17.1 Å². The van der Waals surface area contributed by atoms with Crippen molar-refractivity contribution in [2.75, 3.05) is 24.0 Å². The van der Waals surface area contributed by atoms with E-state index in [0.717, 1.165) is 9.87 Å². The SMILES string of the molecule is CC(C)c1ccc(N(CC(=O)NCCOc2ccc(Cl)cc2)S(=O)(=O)c2ccccc2)cc1. The zero-order chi connectivity index (χ0) is 23.8. The first-order chi connectivity index (χ1) is 15.8. The number of hydrogen-bond acceptors (Lipinski definition) is 4. The number of rotatable bonds is 10. The van der Waals surface area contributed by atoms with Gasteiger partial charge in [-0.25, -0.2) is 8.42 Å². The molecule has 0 bridgehead atoms. The molecule has 0 aliphatic carbocycles. The Hall–Kier alpha value is -3.03. The van der Waals surface area contributed by atoms with E-state index in [-0.39, 0.29) is 24.6 Å². The maximum absolute atomic E-state index is 13.3. The Morgan fingerprint density at radius 1 is 0.970 bits per heavy atom. The molecule has 0 aliphatic rings. The lowest BCUT2D eigenvalue weighted by molar-refractivity contribution is -0.119. The van der Waals surface area contributed by atoms with Gasteiger partial charge in [-0.2, -0.15) is 0 Å². The molecule has 0 unspecified atom stereocenters. The van der Waals surface area contributed by atoms with Crippen LogP contribution in [0.4, 0.5) is 5.69 Å². The third kappa shape index (κ3) is 6.73. The molecule has 3 rings (SSSR count). The predicted molar refractivity (Wildman–Crippen MR) is 131 cm³/mol. The molecule has 1 N–H and O–H groups in total. The van der Waals surface area contributed by atoms with Gasteiger partial charge >= 0.3 is 0 Å². The molecule has 0 spiro atoms. The molecule has 6 nitrogen and oxygen atoms in total. The number of ether oxygens (including phenoxy) is 1. The van der Waals surface area contributed by atoms with Gasteiger partial charge in [0, 0.05) is 5.02 Å². The second-order valence-electron chi connectivity index (χ2n) is 7.72. The Balaban J connectivity index is 1.71. The molecule has 8 heteroatoms. The Labute approximate surface area is 200 Å². The lowest BCUT2D eigenvalue weighted by Gasteiger charge is -2.24. The number of carbonyl (C=O) groups is 1. The van der Waals surface area contributed by atoms with Crippen LogP contribution in [0.15, 0.2) is 83.8 Å². The Bertz CT molecular complexity index is 1150. The fourth-order valence-electron chi connectivity index (χ4n) is 3.14. The zero-order valence-electron chi connectivity index (χ0n) is 18.6. The van der Waals surface area contributed by atoms with Gasteiger partial charge in [-0.3, -0.25) is 9.10 Å². The fourth-order valence-corrected chi connectivity index (χ4v) is 4.70. The molecule has 174 valence electrons. The third-order valence-electron chi connectivity index (χ3n) is 4.97. The second kappa shape index (κ2) is 11.2.